The third-order valence-corrected chi connectivity index (χ3v) is 2.24. The van der Waals surface area contributed by atoms with Gasteiger partial charge in [0, 0.05) is 17.1 Å². The molecule has 1 aliphatic heterocycles. The molecule has 0 radical (unpaired) electrons. The maximum Gasteiger partial charge on any atom is 0.0980 e. The van der Waals surface area contributed by atoms with E-state index < -0.39 is 0 Å². The van der Waals surface area contributed by atoms with Crippen LogP contribution in [0.25, 0.3) is 22.0 Å². The van der Waals surface area contributed by atoms with Gasteiger partial charge in [-0.2, -0.15) is 0 Å². The maximum atomic E-state index is 5.09. The van der Waals surface area contributed by atoms with Crippen molar-refractivity contribution < 1.29 is 4.42 Å². The topological polar surface area (TPSA) is 26.0 Å². The Labute approximate surface area is 75.2 Å². The summed E-state index contributed by atoms with van der Waals surface area (Å²) in [4.78, 5) is 4.28. The Kier molecular flexibility index (Phi) is 1.19. The molecular formula is C11H7NO. The van der Waals surface area contributed by atoms with Crippen LogP contribution in [0, 0.1) is 0 Å². The van der Waals surface area contributed by atoms with Crippen LogP contribution in [0.5, 0.6) is 0 Å². The summed E-state index contributed by atoms with van der Waals surface area (Å²) < 4.78 is 5.09. The fourth-order valence-corrected chi connectivity index (χ4v) is 1.64. The van der Waals surface area contributed by atoms with E-state index >= 15 is 0 Å². The molecule has 0 unspecified atom stereocenters. The molecule has 0 atom stereocenters. The van der Waals surface area contributed by atoms with Crippen LogP contribution >= 0.6 is 0 Å². The van der Waals surface area contributed by atoms with Crippen LogP contribution in [-0.4, -0.2) is 4.98 Å². The molecule has 2 heteroatoms. The Morgan fingerprint density at radius 3 is 3.23 bits per heavy atom. The summed E-state index contributed by atoms with van der Waals surface area (Å²) >= 11 is 0. The fourth-order valence-electron chi connectivity index (χ4n) is 1.64. The van der Waals surface area contributed by atoms with Crippen LogP contribution < -0.4 is 0 Å². The first-order valence-electron chi connectivity index (χ1n) is 4.15. The molecule has 2 heterocycles. The minimum Gasteiger partial charge on any atom is -0.472 e. The Hall–Kier alpha value is -1.83. The van der Waals surface area contributed by atoms with E-state index in [2.05, 4.69) is 11.1 Å². The quantitative estimate of drug-likeness (QED) is 0.517. The van der Waals surface area contributed by atoms with Gasteiger partial charge in [-0.1, -0.05) is 6.07 Å². The molecule has 0 bridgehead atoms. The molecule has 0 amide bonds. The predicted molar refractivity (Wildman–Crippen MR) is 50.6 cm³/mol. The summed E-state index contributed by atoms with van der Waals surface area (Å²) in [6.45, 7) is 0. The highest BCUT2D eigenvalue weighted by Crippen LogP contribution is 2.32. The number of pyridine rings is 1. The average molecular weight is 169 g/mol. The second-order valence-corrected chi connectivity index (χ2v) is 3.01. The molecule has 0 fully saturated rings. The first-order chi connectivity index (χ1) is 6.45. The lowest BCUT2D eigenvalue weighted by Gasteiger charge is -1.95. The minimum atomic E-state index is 1.03. The van der Waals surface area contributed by atoms with E-state index in [0.29, 0.717) is 0 Å². The first kappa shape index (κ1) is 6.66. The third kappa shape index (κ3) is 0.855. The van der Waals surface area contributed by atoms with Crippen molar-refractivity contribution in [3.63, 3.8) is 0 Å². The van der Waals surface area contributed by atoms with Gasteiger partial charge < -0.3 is 4.42 Å². The number of hydrogen-bond donors (Lipinski definition) is 0. The van der Waals surface area contributed by atoms with E-state index in [4.69, 9.17) is 4.42 Å². The standard InChI is InChI=1S/C11H7NO/c1-2-10-9-3-5-13-7-8(9)6-11(10)12-4-1/h1-7H. The highest BCUT2D eigenvalue weighted by Gasteiger charge is 2.08. The van der Waals surface area contributed by atoms with Gasteiger partial charge in [-0.15, -0.1) is 0 Å². The van der Waals surface area contributed by atoms with Gasteiger partial charge in [0.15, 0.2) is 0 Å². The van der Waals surface area contributed by atoms with Crippen molar-refractivity contribution in [2.24, 2.45) is 0 Å². The van der Waals surface area contributed by atoms with E-state index in [-0.39, 0.29) is 0 Å². The molecule has 0 spiro atoms. The molecule has 0 aromatic carbocycles. The van der Waals surface area contributed by atoms with Gasteiger partial charge in [0.25, 0.3) is 0 Å². The molecular weight excluding hydrogens is 162 g/mol. The fraction of sp³-hybridized carbons (Fsp3) is 0. The summed E-state index contributed by atoms with van der Waals surface area (Å²) in [5.74, 6) is 0. The lowest BCUT2D eigenvalue weighted by atomic mass is 10.1. The monoisotopic (exact) mass is 169 g/mol. The molecule has 0 saturated carbocycles. The zero-order valence-corrected chi connectivity index (χ0v) is 6.90. The molecule has 0 saturated heterocycles. The zero-order chi connectivity index (χ0) is 8.67. The molecule has 13 heavy (non-hydrogen) atoms. The Morgan fingerprint density at radius 2 is 2.23 bits per heavy atom. The van der Waals surface area contributed by atoms with Crippen molar-refractivity contribution in [1.29, 1.82) is 0 Å². The first-order valence-corrected chi connectivity index (χ1v) is 4.15. The third-order valence-electron chi connectivity index (χ3n) is 2.24. The van der Waals surface area contributed by atoms with Gasteiger partial charge in [0.05, 0.1) is 18.0 Å². The van der Waals surface area contributed by atoms with Crippen molar-refractivity contribution >= 4 is 10.9 Å². The smallest absolute Gasteiger partial charge is 0.0980 e. The van der Waals surface area contributed by atoms with E-state index in [9.17, 15) is 0 Å². The van der Waals surface area contributed by atoms with Gasteiger partial charge in [0.2, 0.25) is 0 Å². The van der Waals surface area contributed by atoms with E-state index in [1.165, 1.54) is 10.9 Å². The second kappa shape index (κ2) is 2.33. The Balaban J connectivity index is 2.56. The summed E-state index contributed by atoms with van der Waals surface area (Å²) in [5, 5.41) is 1.19. The number of nitrogens with zero attached hydrogens (tertiary/aromatic N) is 1. The normalized spacial score (nSPS) is 11.1. The van der Waals surface area contributed by atoms with Crippen LogP contribution in [-0.2, 0) is 0 Å². The SMILES string of the molecule is c1cnc2cc3coccc-3c2c1. The van der Waals surface area contributed by atoms with Crippen LogP contribution in [0.2, 0.25) is 0 Å². The second-order valence-electron chi connectivity index (χ2n) is 3.01. The van der Waals surface area contributed by atoms with E-state index in [1.54, 1.807) is 18.7 Å². The largest absolute Gasteiger partial charge is 0.472 e. The van der Waals surface area contributed by atoms with Gasteiger partial charge >= 0.3 is 0 Å². The molecule has 3 rings (SSSR count). The summed E-state index contributed by atoms with van der Waals surface area (Å²) in [7, 11) is 0. The molecule has 62 valence electrons. The van der Waals surface area contributed by atoms with Gasteiger partial charge in [0.1, 0.15) is 0 Å². The van der Waals surface area contributed by atoms with E-state index in [0.717, 1.165) is 11.1 Å². The van der Waals surface area contributed by atoms with Crippen molar-refractivity contribution in [3.05, 3.63) is 43.0 Å². The number of fused-ring (bicyclic) bond motifs is 3. The van der Waals surface area contributed by atoms with Gasteiger partial charge in [-0.25, -0.2) is 0 Å². The van der Waals surface area contributed by atoms with Crippen LogP contribution in [0.4, 0.5) is 0 Å². The Morgan fingerprint density at radius 1 is 1.23 bits per heavy atom. The highest BCUT2D eigenvalue weighted by molar-refractivity contribution is 5.99. The van der Waals surface area contributed by atoms with Crippen LogP contribution in [0.1, 0.15) is 0 Å². The van der Waals surface area contributed by atoms with E-state index in [1.807, 2.05) is 18.2 Å². The zero-order valence-electron chi connectivity index (χ0n) is 6.90. The van der Waals surface area contributed by atoms with Crippen LogP contribution in [0.15, 0.2) is 47.4 Å². The molecule has 2 aliphatic rings. The molecule has 1 aliphatic carbocycles. The summed E-state index contributed by atoms with van der Waals surface area (Å²) in [6, 6.07) is 8.03. The minimum absolute atomic E-state index is 1.03. The molecule has 1 aromatic rings. The summed E-state index contributed by atoms with van der Waals surface area (Å²) in [5.41, 5.74) is 3.34. The van der Waals surface area contributed by atoms with Crippen LogP contribution in [0.3, 0.4) is 0 Å². The number of aromatic nitrogens is 1. The van der Waals surface area contributed by atoms with Crippen molar-refractivity contribution in [3.8, 4) is 11.1 Å². The molecule has 1 aromatic heterocycles. The number of hydrogen-bond acceptors (Lipinski definition) is 2. The van der Waals surface area contributed by atoms with Crippen molar-refractivity contribution in [1.82, 2.24) is 4.98 Å². The molecule has 2 nitrogen and oxygen atoms in total. The molecule has 0 N–H and O–H groups in total. The van der Waals surface area contributed by atoms with Crippen molar-refractivity contribution in [2.45, 2.75) is 0 Å². The lowest BCUT2D eigenvalue weighted by Crippen LogP contribution is -1.71. The summed E-state index contributed by atoms with van der Waals surface area (Å²) in [6.07, 6.45) is 5.24. The predicted octanol–water partition coefficient (Wildman–Crippen LogP) is 2.93. The maximum absolute atomic E-state index is 5.09. The Bertz CT molecular complexity index is 527. The van der Waals surface area contributed by atoms with Gasteiger partial charge in [-0.3, -0.25) is 4.98 Å². The highest BCUT2D eigenvalue weighted by atomic mass is 16.3. The average Bonchev–Trinajstić information content (AvgIpc) is 2.56. The van der Waals surface area contributed by atoms with Crippen molar-refractivity contribution in [2.75, 3.05) is 0 Å². The lowest BCUT2D eigenvalue weighted by molar-refractivity contribution is 0.552. The number of rotatable bonds is 0. The van der Waals surface area contributed by atoms with Gasteiger partial charge in [-0.05, 0) is 23.8 Å².